The predicted molar refractivity (Wildman–Crippen MR) is 89.1 cm³/mol. The van der Waals surface area contributed by atoms with Gasteiger partial charge in [-0.15, -0.1) is 0 Å². The Kier molecular flexibility index (Phi) is 5.13. The Morgan fingerprint density at radius 3 is 2.78 bits per heavy atom. The molecule has 8 heteroatoms. The lowest BCUT2D eigenvalue weighted by molar-refractivity contribution is 0.216. The summed E-state index contributed by atoms with van der Waals surface area (Å²) < 4.78 is 28.1. The summed E-state index contributed by atoms with van der Waals surface area (Å²) in [6.07, 6.45) is 7.40. The van der Waals surface area contributed by atoms with Crippen LogP contribution < -0.4 is 10.5 Å². The average molecular weight is 339 g/mol. The molecule has 1 saturated heterocycles. The van der Waals surface area contributed by atoms with E-state index in [0.29, 0.717) is 24.7 Å². The molecule has 1 aromatic heterocycles. The zero-order valence-electron chi connectivity index (χ0n) is 13.3. The summed E-state index contributed by atoms with van der Waals surface area (Å²) in [5, 5.41) is -0.349. The number of piperidine rings is 1. The molecule has 3 rings (SSSR count). The second-order valence-electron chi connectivity index (χ2n) is 6.54. The largest absolute Gasteiger partial charge is 0.384 e. The number of likely N-dealkylation sites (tertiary alicyclic amines) is 1. The van der Waals surface area contributed by atoms with Crippen LogP contribution in [-0.4, -0.2) is 47.7 Å². The standard InChI is InChI=1S/C15H25N5O2S/c16-14-7-8-17-15(18-14)11-20-9-3-6-13(10-20)23(21,22)19-12-4-1-2-5-12/h7-8,12-13,19H,1-6,9-11H2,(H2,16,17,18). The third kappa shape index (κ3) is 4.39. The Hall–Kier alpha value is -1.25. The van der Waals surface area contributed by atoms with Crippen LogP contribution in [0, 0.1) is 0 Å². The van der Waals surface area contributed by atoms with Crippen molar-refractivity contribution in [2.24, 2.45) is 0 Å². The first kappa shape index (κ1) is 16.6. The number of nitrogens with zero attached hydrogens (tertiary/aromatic N) is 3. The third-order valence-corrected chi connectivity index (χ3v) is 6.60. The molecule has 3 N–H and O–H groups in total. The molecule has 0 radical (unpaired) electrons. The van der Waals surface area contributed by atoms with E-state index in [1.807, 2.05) is 0 Å². The number of aromatic nitrogens is 2. The van der Waals surface area contributed by atoms with Gasteiger partial charge in [0.15, 0.2) is 0 Å². The molecule has 0 amide bonds. The number of nitrogens with two attached hydrogens (primary N) is 1. The van der Waals surface area contributed by atoms with Crippen LogP contribution >= 0.6 is 0 Å². The molecule has 1 aromatic rings. The van der Waals surface area contributed by atoms with Crippen LogP contribution in [0.15, 0.2) is 12.3 Å². The van der Waals surface area contributed by atoms with Crippen molar-refractivity contribution < 1.29 is 8.42 Å². The smallest absolute Gasteiger partial charge is 0.215 e. The van der Waals surface area contributed by atoms with Gasteiger partial charge in [0.05, 0.1) is 11.8 Å². The fourth-order valence-electron chi connectivity index (χ4n) is 3.47. The first-order chi connectivity index (χ1) is 11.0. The summed E-state index contributed by atoms with van der Waals surface area (Å²) in [6, 6.07) is 1.78. The summed E-state index contributed by atoms with van der Waals surface area (Å²) >= 11 is 0. The molecule has 0 bridgehead atoms. The Morgan fingerprint density at radius 2 is 2.04 bits per heavy atom. The number of hydrogen-bond acceptors (Lipinski definition) is 6. The van der Waals surface area contributed by atoms with Crippen LogP contribution in [0.5, 0.6) is 0 Å². The summed E-state index contributed by atoms with van der Waals surface area (Å²) in [6.45, 7) is 1.94. The van der Waals surface area contributed by atoms with E-state index < -0.39 is 10.0 Å². The molecule has 0 spiro atoms. The van der Waals surface area contributed by atoms with E-state index in [9.17, 15) is 8.42 Å². The minimum atomic E-state index is -3.26. The Balaban J connectivity index is 1.61. The zero-order chi connectivity index (χ0) is 16.3. The molecule has 2 aliphatic rings. The van der Waals surface area contributed by atoms with Gasteiger partial charge < -0.3 is 5.73 Å². The van der Waals surface area contributed by atoms with Gasteiger partial charge in [-0.2, -0.15) is 0 Å². The molecule has 1 unspecified atom stereocenters. The Morgan fingerprint density at radius 1 is 1.26 bits per heavy atom. The lowest BCUT2D eigenvalue weighted by atomic mass is 10.1. The summed E-state index contributed by atoms with van der Waals surface area (Å²) in [7, 11) is -3.26. The lowest BCUT2D eigenvalue weighted by Crippen LogP contribution is -2.48. The van der Waals surface area contributed by atoms with Gasteiger partial charge in [-0.3, -0.25) is 4.90 Å². The SMILES string of the molecule is Nc1ccnc(CN2CCCC(S(=O)(=O)NC3CCCC3)C2)n1. The maximum Gasteiger partial charge on any atom is 0.215 e. The van der Waals surface area contributed by atoms with Gasteiger partial charge in [0, 0.05) is 18.8 Å². The molecule has 1 atom stereocenters. The van der Waals surface area contributed by atoms with Crippen LogP contribution in [0.25, 0.3) is 0 Å². The van der Waals surface area contributed by atoms with E-state index in [0.717, 1.165) is 45.1 Å². The fourth-order valence-corrected chi connectivity index (χ4v) is 5.25. The minimum absolute atomic E-state index is 0.132. The van der Waals surface area contributed by atoms with E-state index >= 15 is 0 Å². The van der Waals surface area contributed by atoms with Crippen molar-refractivity contribution in [2.75, 3.05) is 18.8 Å². The lowest BCUT2D eigenvalue weighted by Gasteiger charge is -2.32. The number of hydrogen-bond donors (Lipinski definition) is 2. The van der Waals surface area contributed by atoms with E-state index in [1.165, 1.54) is 0 Å². The van der Waals surface area contributed by atoms with Crippen molar-refractivity contribution in [1.29, 1.82) is 0 Å². The molecule has 7 nitrogen and oxygen atoms in total. The summed E-state index contributed by atoms with van der Waals surface area (Å²) in [4.78, 5) is 10.5. The highest BCUT2D eigenvalue weighted by atomic mass is 32.2. The number of anilines is 1. The Bertz CT molecular complexity index is 631. The number of rotatable bonds is 5. The topological polar surface area (TPSA) is 101 Å². The van der Waals surface area contributed by atoms with Gasteiger partial charge in [0.25, 0.3) is 0 Å². The normalized spacial score (nSPS) is 24.1. The summed E-state index contributed by atoms with van der Waals surface area (Å²) in [5.41, 5.74) is 5.68. The maximum atomic E-state index is 12.6. The summed E-state index contributed by atoms with van der Waals surface area (Å²) in [5.74, 6) is 1.09. The van der Waals surface area contributed by atoms with Crippen molar-refractivity contribution in [2.45, 2.75) is 56.4 Å². The molecule has 2 fully saturated rings. The van der Waals surface area contributed by atoms with Crippen molar-refractivity contribution in [1.82, 2.24) is 19.6 Å². The van der Waals surface area contributed by atoms with Gasteiger partial charge >= 0.3 is 0 Å². The monoisotopic (exact) mass is 339 g/mol. The fraction of sp³-hybridized carbons (Fsp3) is 0.733. The van der Waals surface area contributed by atoms with Crippen LogP contribution in [0.3, 0.4) is 0 Å². The molecule has 1 aliphatic carbocycles. The first-order valence-electron chi connectivity index (χ1n) is 8.34. The Labute approximate surface area is 137 Å². The van der Waals surface area contributed by atoms with E-state index in [-0.39, 0.29) is 11.3 Å². The van der Waals surface area contributed by atoms with Crippen molar-refractivity contribution >= 4 is 15.8 Å². The van der Waals surface area contributed by atoms with Gasteiger partial charge in [-0.05, 0) is 38.3 Å². The quantitative estimate of drug-likeness (QED) is 0.826. The van der Waals surface area contributed by atoms with Gasteiger partial charge in [-0.25, -0.2) is 23.1 Å². The van der Waals surface area contributed by atoms with E-state index in [1.54, 1.807) is 12.3 Å². The molecule has 1 saturated carbocycles. The molecular formula is C15H25N5O2S. The van der Waals surface area contributed by atoms with Gasteiger partial charge in [0.2, 0.25) is 10.0 Å². The number of sulfonamides is 1. The van der Waals surface area contributed by atoms with Crippen LogP contribution in [0.1, 0.15) is 44.3 Å². The maximum absolute atomic E-state index is 12.6. The number of nitrogens with one attached hydrogen (secondary N) is 1. The second kappa shape index (κ2) is 7.11. The van der Waals surface area contributed by atoms with Gasteiger partial charge in [-0.1, -0.05) is 12.8 Å². The highest BCUT2D eigenvalue weighted by molar-refractivity contribution is 7.90. The molecule has 0 aromatic carbocycles. The highest BCUT2D eigenvalue weighted by Crippen LogP contribution is 2.22. The van der Waals surface area contributed by atoms with Crippen LogP contribution in [-0.2, 0) is 16.6 Å². The van der Waals surface area contributed by atoms with Crippen LogP contribution in [0.2, 0.25) is 0 Å². The average Bonchev–Trinajstić information content (AvgIpc) is 3.00. The molecule has 23 heavy (non-hydrogen) atoms. The first-order valence-corrected chi connectivity index (χ1v) is 9.88. The van der Waals surface area contributed by atoms with Gasteiger partial charge in [0.1, 0.15) is 11.6 Å². The number of nitrogen functional groups attached to an aromatic ring is 1. The molecular weight excluding hydrogens is 314 g/mol. The molecule has 128 valence electrons. The predicted octanol–water partition coefficient (Wildman–Crippen LogP) is 0.885. The van der Waals surface area contributed by atoms with E-state index in [2.05, 4.69) is 19.6 Å². The second-order valence-corrected chi connectivity index (χ2v) is 8.53. The van der Waals surface area contributed by atoms with Crippen molar-refractivity contribution in [3.05, 3.63) is 18.1 Å². The highest BCUT2D eigenvalue weighted by Gasteiger charge is 2.33. The zero-order valence-corrected chi connectivity index (χ0v) is 14.1. The minimum Gasteiger partial charge on any atom is -0.384 e. The molecule has 1 aliphatic heterocycles. The van der Waals surface area contributed by atoms with Crippen molar-refractivity contribution in [3.63, 3.8) is 0 Å². The third-order valence-electron chi connectivity index (χ3n) is 4.68. The van der Waals surface area contributed by atoms with Crippen molar-refractivity contribution in [3.8, 4) is 0 Å². The van der Waals surface area contributed by atoms with Crippen LogP contribution in [0.4, 0.5) is 5.82 Å². The van der Waals surface area contributed by atoms with E-state index in [4.69, 9.17) is 5.73 Å². The molecule has 2 heterocycles.